The summed E-state index contributed by atoms with van der Waals surface area (Å²) in [6.45, 7) is 5.19. The molecule has 104 valence electrons. The van der Waals surface area contributed by atoms with Crippen molar-refractivity contribution in [2.75, 3.05) is 24.3 Å². The van der Waals surface area contributed by atoms with Crippen molar-refractivity contribution in [1.29, 1.82) is 0 Å². The quantitative estimate of drug-likeness (QED) is 0.729. The number of benzene rings is 1. The first kappa shape index (κ1) is 13.6. The molecule has 0 spiro atoms. The minimum Gasteiger partial charge on any atom is -0.478 e. The van der Waals surface area contributed by atoms with Gasteiger partial charge in [0.15, 0.2) is 0 Å². The second kappa shape index (κ2) is 4.70. The van der Waals surface area contributed by atoms with E-state index in [1.165, 1.54) is 6.07 Å². The van der Waals surface area contributed by atoms with E-state index in [9.17, 15) is 9.18 Å². The molecule has 4 N–H and O–H groups in total. The lowest BCUT2D eigenvalue weighted by Gasteiger charge is -2.27. The molecule has 0 bridgehead atoms. The van der Waals surface area contributed by atoms with Crippen LogP contribution in [0.15, 0.2) is 12.1 Å². The van der Waals surface area contributed by atoms with Gasteiger partial charge in [-0.2, -0.15) is 0 Å². The number of nitrogens with two attached hydrogens (primary N) is 1. The fourth-order valence-electron chi connectivity index (χ4n) is 2.07. The number of anilines is 2. The number of hydrogen-bond acceptors (Lipinski definition) is 4. The molecule has 1 aromatic rings. The SMILES string of the molecule is CC1(C)COC[C@H]1Nc1cc(C(=O)O)c(F)cc1N. The average Bonchev–Trinajstić information content (AvgIpc) is 2.61. The molecule has 2 rings (SSSR count). The molecule has 0 unspecified atom stereocenters. The van der Waals surface area contributed by atoms with Crippen molar-refractivity contribution in [3.05, 3.63) is 23.5 Å². The van der Waals surface area contributed by atoms with E-state index in [0.717, 1.165) is 6.07 Å². The van der Waals surface area contributed by atoms with Gasteiger partial charge in [0.2, 0.25) is 0 Å². The summed E-state index contributed by atoms with van der Waals surface area (Å²) in [5, 5.41) is 12.1. The number of aromatic carboxylic acids is 1. The normalized spacial score (nSPS) is 21.3. The second-order valence-electron chi connectivity index (χ2n) is 5.43. The first-order chi connectivity index (χ1) is 8.81. The molecule has 1 fully saturated rings. The summed E-state index contributed by atoms with van der Waals surface area (Å²) in [5.74, 6) is -2.15. The van der Waals surface area contributed by atoms with Gasteiger partial charge in [0.1, 0.15) is 5.82 Å². The lowest BCUT2D eigenvalue weighted by atomic mass is 9.87. The molecule has 1 atom stereocenters. The Morgan fingerprint density at radius 2 is 2.26 bits per heavy atom. The molecule has 0 amide bonds. The van der Waals surface area contributed by atoms with E-state index in [0.29, 0.717) is 18.9 Å². The molecule has 0 aromatic heterocycles. The van der Waals surface area contributed by atoms with Crippen LogP contribution in [0.3, 0.4) is 0 Å². The first-order valence-electron chi connectivity index (χ1n) is 5.98. The fourth-order valence-corrected chi connectivity index (χ4v) is 2.07. The van der Waals surface area contributed by atoms with Crippen LogP contribution in [0.25, 0.3) is 0 Å². The van der Waals surface area contributed by atoms with Crippen molar-refractivity contribution in [2.24, 2.45) is 5.41 Å². The zero-order valence-electron chi connectivity index (χ0n) is 10.9. The molecule has 1 aliphatic rings. The molecule has 6 heteroatoms. The molecule has 0 radical (unpaired) electrons. The number of ether oxygens (including phenoxy) is 1. The lowest BCUT2D eigenvalue weighted by molar-refractivity contribution is 0.0692. The van der Waals surface area contributed by atoms with Gasteiger partial charge in [-0.3, -0.25) is 0 Å². The highest BCUT2D eigenvalue weighted by molar-refractivity contribution is 5.91. The van der Waals surface area contributed by atoms with Crippen LogP contribution >= 0.6 is 0 Å². The van der Waals surface area contributed by atoms with Crippen LogP contribution in [0.2, 0.25) is 0 Å². The molecule has 1 aliphatic heterocycles. The highest BCUT2D eigenvalue weighted by atomic mass is 19.1. The van der Waals surface area contributed by atoms with Crippen molar-refractivity contribution in [3.63, 3.8) is 0 Å². The Labute approximate surface area is 110 Å². The van der Waals surface area contributed by atoms with E-state index in [1.54, 1.807) is 0 Å². The van der Waals surface area contributed by atoms with Gasteiger partial charge < -0.3 is 20.9 Å². The number of nitrogens with one attached hydrogen (secondary N) is 1. The van der Waals surface area contributed by atoms with E-state index in [-0.39, 0.29) is 17.1 Å². The van der Waals surface area contributed by atoms with Crippen LogP contribution in [0.5, 0.6) is 0 Å². The Hall–Kier alpha value is -1.82. The number of halogens is 1. The van der Waals surface area contributed by atoms with Gasteiger partial charge in [-0.15, -0.1) is 0 Å². The predicted octanol–water partition coefficient (Wildman–Crippen LogP) is 1.94. The van der Waals surface area contributed by atoms with Gasteiger partial charge >= 0.3 is 5.97 Å². The molecule has 0 aliphatic carbocycles. The summed E-state index contributed by atoms with van der Waals surface area (Å²) in [4.78, 5) is 10.9. The maximum atomic E-state index is 13.4. The smallest absolute Gasteiger partial charge is 0.338 e. The van der Waals surface area contributed by atoms with Gasteiger partial charge in [-0.05, 0) is 12.1 Å². The maximum Gasteiger partial charge on any atom is 0.338 e. The van der Waals surface area contributed by atoms with Crippen LogP contribution in [-0.4, -0.2) is 30.3 Å². The summed E-state index contributed by atoms with van der Waals surface area (Å²) in [6.07, 6.45) is 0. The minimum absolute atomic E-state index is 0.00176. The highest BCUT2D eigenvalue weighted by Gasteiger charge is 2.36. The Kier molecular flexibility index (Phi) is 3.36. The van der Waals surface area contributed by atoms with Crippen LogP contribution in [0.1, 0.15) is 24.2 Å². The first-order valence-corrected chi connectivity index (χ1v) is 5.98. The topological polar surface area (TPSA) is 84.6 Å². The largest absolute Gasteiger partial charge is 0.478 e. The zero-order chi connectivity index (χ0) is 14.2. The van der Waals surface area contributed by atoms with Crippen LogP contribution in [-0.2, 0) is 4.74 Å². The van der Waals surface area contributed by atoms with Crippen molar-refractivity contribution in [2.45, 2.75) is 19.9 Å². The molecule has 1 aromatic carbocycles. The van der Waals surface area contributed by atoms with Crippen LogP contribution in [0.4, 0.5) is 15.8 Å². The third-order valence-electron chi connectivity index (χ3n) is 3.40. The highest BCUT2D eigenvalue weighted by Crippen LogP contribution is 2.32. The Balaban J connectivity index is 2.30. The number of carbonyl (C=O) groups is 1. The van der Waals surface area contributed by atoms with Gasteiger partial charge in [-0.1, -0.05) is 13.8 Å². The predicted molar refractivity (Wildman–Crippen MR) is 69.8 cm³/mol. The van der Waals surface area contributed by atoms with Gasteiger partial charge in [0, 0.05) is 5.41 Å². The fraction of sp³-hybridized carbons (Fsp3) is 0.462. The van der Waals surface area contributed by atoms with E-state index in [2.05, 4.69) is 5.32 Å². The monoisotopic (exact) mass is 268 g/mol. The van der Waals surface area contributed by atoms with Gasteiger partial charge in [0.25, 0.3) is 0 Å². The van der Waals surface area contributed by atoms with E-state index in [4.69, 9.17) is 15.6 Å². The average molecular weight is 268 g/mol. The van der Waals surface area contributed by atoms with E-state index in [1.807, 2.05) is 13.8 Å². The Morgan fingerprint density at radius 3 is 2.79 bits per heavy atom. The maximum absolute atomic E-state index is 13.4. The van der Waals surface area contributed by atoms with Crippen molar-refractivity contribution < 1.29 is 19.0 Å². The van der Waals surface area contributed by atoms with Crippen molar-refractivity contribution in [3.8, 4) is 0 Å². The lowest BCUT2D eigenvalue weighted by Crippen LogP contribution is -2.35. The third-order valence-corrected chi connectivity index (χ3v) is 3.40. The molecular weight excluding hydrogens is 251 g/mol. The second-order valence-corrected chi connectivity index (χ2v) is 5.43. The van der Waals surface area contributed by atoms with Crippen molar-refractivity contribution >= 4 is 17.3 Å². The summed E-state index contributed by atoms with van der Waals surface area (Å²) in [5.41, 5.74) is 5.84. The van der Waals surface area contributed by atoms with Gasteiger partial charge in [0.05, 0.1) is 36.2 Å². The van der Waals surface area contributed by atoms with E-state index < -0.39 is 17.3 Å². The summed E-state index contributed by atoms with van der Waals surface area (Å²) < 4.78 is 18.8. The molecule has 0 saturated carbocycles. The van der Waals surface area contributed by atoms with Crippen LogP contribution in [0, 0.1) is 11.2 Å². The minimum atomic E-state index is -1.32. The van der Waals surface area contributed by atoms with E-state index >= 15 is 0 Å². The number of hydrogen-bond donors (Lipinski definition) is 3. The molecule has 19 heavy (non-hydrogen) atoms. The standard InChI is InChI=1S/C13H17FN2O3/c1-13(2)6-19-5-11(13)16-10-3-7(12(17)18)8(14)4-9(10)15/h3-4,11,16H,5-6,15H2,1-2H3,(H,17,18)/t11-/m1/s1. The van der Waals surface area contributed by atoms with Gasteiger partial charge in [-0.25, -0.2) is 9.18 Å². The Morgan fingerprint density at radius 1 is 1.58 bits per heavy atom. The van der Waals surface area contributed by atoms with Crippen molar-refractivity contribution in [1.82, 2.24) is 0 Å². The summed E-state index contributed by atoms with van der Waals surface area (Å²) >= 11 is 0. The summed E-state index contributed by atoms with van der Waals surface area (Å²) in [7, 11) is 0. The number of carboxylic acids is 1. The molecule has 5 nitrogen and oxygen atoms in total. The third kappa shape index (κ3) is 2.63. The number of nitrogen functional groups attached to an aromatic ring is 1. The zero-order valence-corrected chi connectivity index (χ0v) is 10.9. The molecule has 1 saturated heterocycles. The molecule has 1 heterocycles. The Bertz CT molecular complexity index is 517. The van der Waals surface area contributed by atoms with Crippen LogP contribution < -0.4 is 11.1 Å². The number of carboxylic acid groups (broad SMARTS) is 1. The number of rotatable bonds is 3. The summed E-state index contributed by atoms with van der Waals surface area (Å²) in [6, 6.07) is 2.25. The molecular formula is C13H17FN2O3.